The highest BCUT2D eigenvalue weighted by Gasteiger charge is 2.46. The van der Waals surface area contributed by atoms with Crippen molar-refractivity contribution in [1.29, 1.82) is 0 Å². The Kier molecular flexibility index (Phi) is 5.97. The fourth-order valence-electron chi connectivity index (χ4n) is 3.38. The highest BCUT2D eigenvalue weighted by atomic mass is 31.2. The number of benzene rings is 2. The number of nitrogens with zero attached hydrogens (tertiary/aromatic N) is 2. The molecule has 2 aromatic carbocycles. The van der Waals surface area contributed by atoms with Crippen LogP contribution in [0.2, 0.25) is 0 Å². The summed E-state index contributed by atoms with van der Waals surface area (Å²) in [7, 11) is -3.37. The number of anilines is 2. The Morgan fingerprint density at radius 3 is 1.93 bits per heavy atom. The Labute approximate surface area is 158 Å². The van der Waals surface area contributed by atoms with Gasteiger partial charge in [0.1, 0.15) is 0 Å². The van der Waals surface area contributed by atoms with Crippen LogP contribution in [0.3, 0.4) is 0 Å². The maximum atomic E-state index is 14.5. The Morgan fingerprint density at radius 2 is 1.52 bits per heavy atom. The van der Waals surface area contributed by atoms with Gasteiger partial charge in [-0.05, 0) is 30.7 Å². The van der Waals surface area contributed by atoms with Crippen LogP contribution in [0.15, 0.2) is 72.1 Å². The third-order valence-corrected chi connectivity index (χ3v) is 7.77. The topological polar surface area (TPSA) is 49.9 Å². The molecule has 0 spiro atoms. The second kappa shape index (κ2) is 8.40. The van der Waals surface area contributed by atoms with Crippen LogP contribution in [-0.2, 0) is 14.3 Å². The predicted octanol–water partition coefficient (Wildman–Crippen LogP) is 5.32. The summed E-state index contributed by atoms with van der Waals surface area (Å²) in [5.74, 6) is -1.04. The fourth-order valence-corrected chi connectivity index (χ4v) is 6.63. The zero-order valence-electron chi connectivity index (χ0n) is 15.1. The molecule has 1 heterocycles. The number of hydrogen-bond acceptors (Lipinski definition) is 3. The molecule has 0 atom stereocenters. The van der Waals surface area contributed by atoms with Gasteiger partial charge in [0.2, 0.25) is 0 Å². The van der Waals surface area contributed by atoms with Crippen molar-refractivity contribution in [2.24, 2.45) is 0 Å². The lowest BCUT2D eigenvalue weighted by Gasteiger charge is -2.34. The van der Waals surface area contributed by atoms with E-state index in [4.69, 9.17) is 0 Å². The van der Waals surface area contributed by atoms with Crippen LogP contribution in [-0.4, -0.2) is 19.1 Å². The van der Waals surface area contributed by atoms with Gasteiger partial charge in [-0.15, -0.1) is 0 Å². The molecule has 0 radical (unpaired) electrons. The van der Waals surface area contributed by atoms with Crippen LogP contribution in [0.25, 0.3) is 0 Å². The van der Waals surface area contributed by atoms with Crippen LogP contribution in [0.5, 0.6) is 0 Å². The highest BCUT2D eigenvalue weighted by molar-refractivity contribution is 7.71. The third kappa shape index (κ3) is 3.76. The van der Waals surface area contributed by atoms with E-state index < -0.39 is 13.4 Å². The van der Waals surface area contributed by atoms with E-state index in [-0.39, 0.29) is 6.42 Å². The summed E-state index contributed by atoms with van der Waals surface area (Å²) in [6.07, 6.45) is 1.97. The first kappa shape index (κ1) is 19.2. The van der Waals surface area contributed by atoms with Crippen LogP contribution in [0.4, 0.5) is 15.9 Å². The van der Waals surface area contributed by atoms with Crippen LogP contribution in [0, 0.1) is 0 Å². The van der Waals surface area contributed by atoms with Crippen LogP contribution in [0.1, 0.15) is 19.8 Å². The lowest BCUT2D eigenvalue weighted by Crippen LogP contribution is -2.21. The van der Waals surface area contributed by atoms with Crippen LogP contribution >= 0.6 is 7.44 Å². The highest BCUT2D eigenvalue weighted by Crippen LogP contribution is 2.66. The van der Waals surface area contributed by atoms with E-state index in [1.165, 1.54) is 0 Å². The Morgan fingerprint density at radius 1 is 1.04 bits per heavy atom. The molecule has 27 heavy (non-hydrogen) atoms. The van der Waals surface area contributed by atoms with E-state index in [2.05, 4.69) is 4.94 Å². The lowest BCUT2D eigenvalue weighted by atomic mass is 10.3. The Bertz CT molecular complexity index is 807. The summed E-state index contributed by atoms with van der Waals surface area (Å²) in [5.41, 5.74) is 1.60. The SMILES string of the molecule is CC/C=C(/CC(=O)OF)P1(=O)N(c2ccccc2)CCN1c1ccccc1. The number of carbonyl (C=O) groups excluding carboxylic acids is 1. The molecule has 7 heteroatoms. The quantitative estimate of drug-likeness (QED) is 0.627. The molecule has 0 aromatic heterocycles. The molecule has 1 aliphatic heterocycles. The van der Waals surface area contributed by atoms with Gasteiger partial charge < -0.3 is 9.34 Å². The number of para-hydroxylation sites is 2. The molecule has 1 aliphatic rings. The van der Waals surface area contributed by atoms with Gasteiger partial charge in [0, 0.05) is 34.3 Å². The maximum Gasteiger partial charge on any atom is 0.353 e. The largest absolute Gasteiger partial charge is 0.353 e. The van der Waals surface area contributed by atoms with Crippen molar-refractivity contribution in [3.8, 4) is 0 Å². The van der Waals surface area contributed by atoms with Gasteiger partial charge in [-0.25, -0.2) is 4.79 Å². The first-order valence-corrected chi connectivity index (χ1v) is 10.5. The van der Waals surface area contributed by atoms with Crippen molar-refractivity contribution in [3.63, 3.8) is 0 Å². The minimum atomic E-state index is -3.37. The second-order valence-corrected chi connectivity index (χ2v) is 8.82. The molecular formula is C20H22FN2O3P. The summed E-state index contributed by atoms with van der Waals surface area (Å²) in [6, 6.07) is 18.8. The van der Waals surface area contributed by atoms with Gasteiger partial charge in [0.05, 0.1) is 6.42 Å². The van der Waals surface area contributed by atoms with Gasteiger partial charge >= 0.3 is 5.97 Å². The number of rotatable bonds is 6. The summed E-state index contributed by atoms with van der Waals surface area (Å²) in [4.78, 5) is 15.1. The molecule has 5 nitrogen and oxygen atoms in total. The van der Waals surface area contributed by atoms with Crippen molar-refractivity contribution in [2.75, 3.05) is 22.4 Å². The van der Waals surface area contributed by atoms with E-state index in [1.807, 2.05) is 76.9 Å². The molecule has 0 aliphatic carbocycles. The monoisotopic (exact) mass is 388 g/mol. The molecule has 3 rings (SSSR count). The lowest BCUT2D eigenvalue weighted by molar-refractivity contribution is -0.182. The summed E-state index contributed by atoms with van der Waals surface area (Å²) in [6.45, 7) is 2.95. The molecule has 1 fully saturated rings. The smallest absolute Gasteiger partial charge is 0.302 e. The van der Waals surface area contributed by atoms with Crippen molar-refractivity contribution in [3.05, 3.63) is 72.1 Å². The van der Waals surface area contributed by atoms with Crippen molar-refractivity contribution >= 4 is 24.8 Å². The Balaban J connectivity index is 2.12. The minimum absolute atomic E-state index is 0.353. The number of halogens is 1. The second-order valence-electron chi connectivity index (χ2n) is 6.19. The van der Waals surface area contributed by atoms with Gasteiger partial charge in [-0.3, -0.25) is 9.51 Å². The normalized spacial score (nSPS) is 16.4. The van der Waals surface area contributed by atoms with Crippen molar-refractivity contribution in [2.45, 2.75) is 19.8 Å². The van der Waals surface area contributed by atoms with Crippen molar-refractivity contribution in [1.82, 2.24) is 0 Å². The molecule has 0 unspecified atom stereocenters. The van der Waals surface area contributed by atoms with E-state index in [9.17, 15) is 13.9 Å². The van der Waals surface area contributed by atoms with Gasteiger partial charge in [-0.1, -0.05) is 49.4 Å². The van der Waals surface area contributed by atoms with Gasteiger partial charge in [0.25, 0.3) is 7.44 Å². The fraction of sp³-hybridized carbons (Fsp3) is 0.250. The molecular weight excluding hydrogens is 366 g/mol. The first-order chi connectivity index (χ1) is 13.1. The van der Waals surface area contributed by atoms with E-state index >= 15 is 0 Å². The Hall–Kier alpha value is -2.59. The standard InChI is InChI=1S/C20H22FN2O3P/c1-2-9-19(16-20(24)26-21)27(25)22(17-10-5-3-6-11-17)14-15-23(27)18-12-7-4-8-13-18/h3-13H,2,14-16H2,1H3/b19-9-. The summed E-state index contributed by atoms with van der Waals surface area (Å²) in [5, 5.41) is 0.387. The molecule has 2 aromatic rings. The third-order valence-electron chi connectivity index (χ3n) is 4.51. The zero-order chi connectivity index (χ0) is 19.3. The van der Waals surface area contributed by atoms with E-state index in [1.54, 1.807) is 6.08 Å². The van der Waals surface area contributed by atoms with Gasteiger partial charge in [0.15, 0.2) is 0 Å². The molecule has 142 valence electrons. The number of hydrogen-bond donors (Lipinski definition) is 0. The van der Waals surface area contributed by atoms with Gasteiger partial charge in [-0.2, -0.15) is 0 Å². The van der Waals surface area contributed by atoms with E-state index in [0.717, 1.165) is 11.4 Å². The summed E-state index contributed by atoms with van der Waals surface area (Å²) < 4.78 is 30.6. The maximum absolute atomic E-state index is 14.5. The average Bonchev–Trinajstić information content (AvgIpc) is 3.07. The summed E-state index contributed by atoms with van der Waals surface area (Å²) >= 11 is 0. The molecule has 0 amide bonds. The van der Waals surface area contributed by atoms with Crippen molar-refractivity contribution < 1.29 is 18.8 Å². The molecule has 0 N–H and O–H groups in total. The average molecular weight is 388 g/mol. The molecule has 0 bridgehead atoms. The minimum Gasteiger partial charge on any atom is -0.302 e. The first-order valence-electron chi connectivity index (χ1n) is 8.88. The molecule has 1 saturated heterocycles. The zero-order valence-corrected chi connectivity index (χ0v) is 16.0. The number of carbonyl (C=O) groups is 1. The van der Waals surface area contributed by atoms with E-state index in [0.29, 0.717) is 24.8 Å². The molecule has 0 saturated carbocycles. The predicted molar refractivity (Wildman–Crippen MR) is 105 cm³/mol. The van der Waals surface area contributed by atoms with Crippen LogP contribution < -0.4 is 9.34 Å². The number of allylic oxidation sites excluding steroid dienone is 1.